The third-order valence-electron chi connectivity index (χ3n) is 3.03. The number of rotatable bonds is 4. The van der Waals surface area contributed by atoms with E-state index in [1.54, 1.807) is 14.1 Å². The number of aromatic nitrogens is 1. The van der Waals surface area contributed by atoms with Gasteiger partial charge >= 0.3 is 0 Å². The zero-order valence-electron chi connectivity index (χ0n) is 12.1. The molecule has 1 aromatic heterocycles. The molecule has 0 aliphatic carbocycles. The van der Waals surface area contributed by atoms with Crippen LogP contribution in [0.1, 0.15) is 9.67 Å². The van der Waals surface area contributed by atoms with Crippen LogP contribution in [0.15, 0.2) is 0 Å². The maximum absolute atomic E-state index is 12.1. The predicted octanol–water partition coefficient (Wildman–Crippen LogP) is -0.620. The van der Waals surface area contributed by atoms with Crippen LogP contribution in [0.25, 0.3) is 0 Å². The largest absolute Gasteiger partial charge is 0.382 e. The van der Waals surface area contributed by atoms with Crippen LogP contribution in [0.5, 0.6) is 0 Å². The predicted molar refractivity (Wildman–Crippen MR) is 80.6 cm³/mol. The molecule has 0 bridgehead atoms. The number of nitrogen functional groups attached to an aromatic ring is 1. The number of anilines is 2. The van der Waals surface area contributed by atoms with Gasteiger partial charge in [-0.15, -0.1) is 0 Å². The number of hydrogen-bond acceptors (Lipinski definition) is 7. The van der Waals surface area contributed by atoms with E-state index in [1.807, 2.05) is 4.90 Å². The summed E-state index contributed by atoms with van der Waals surface area (Å²) in [5, 5.41) is 3.26. The maximum atomic E-state index is 12.1. The molecule has 9 heteroatoms. The summed E-state index contributed by atoms with van der Waals surface area (Å²) in [6.45, 7) is 2.67. The molecule has 0 unspecified atom stereocenters. The SMILES string of the molecule is CN(C)C(=O)CNC(=O)c1sc(N2CCOCC2)nc1N. The highest BCUT2D eigenvalue weighted by molar-refractivity contribution is 7.18. The highest BCUT2D eigenvalue weighted by atomic mass is 32.1. The van der Waals surface area contributed by atoms with Gasteiger partial charge in [0.2, 0.25) is 5.91 Å². The molecule has 0 spiro atoms. The van der Waals surface area contributed by atoms with E-state index >= 15 is 0 Å². The zero-order valence-corrected chi connectivity index (χ0v) is 12.9. The molecule has 2 amide bonds. The first-order valence-electron chi connectivity index (χ1n) is 6.56. The minimum Gasteiger partial charge on any atom is -0.382 e. The van der Waals surface area contributed by atoms with Gasteiger partial charge in [0, 0.05) is 27.2 Å². The maximum Gasteiger partial charge on any atom is 0.265 e. The van der Waals surface area contributed by atoms with Gasteiger partial charge in [0.15, 0.2) is 5.13 Å². The van der Waals surface area contributed by atoms with Gasteiger partial charge in [-0.1, -0.05) is 11.3 Å². The Morgan fingerprint density at radius 1 is 1.43 bits per heavy atom. The van der Waals surface area contributed by atoms with E-state index in [0.29, 0.717) is 23.2 Å². The van der Waals surface area contributed by atoms with Crippen LogP contribution < -0.4 is 16.0 Å². The third kappa shape index (κ3) is 3.82. The summed E-state index contributed by atoms with van der Waals surface area (Å²) in [4.78, 5) is 31.5. The molecule has 1 aliphatic rings. The first-order chi connectivity index (χ1) is 9.99. The first kappa shape index (κ1) is 15.5. The molecule has 1 aromatic rings. The van der Waals surface area contributed by atoms with Crippen molar-refractivity contribution in [3.05, 3.63) is 4.88 Å². The number of nitrogens with zero attached hydrogens (tertiary/aromatic N) is 3. The minimum atomic E-state index is -0.375. The summed E-state index contributed by atoms with van der Waals surface area (Å²) in [5.74, 6) is -0.365. The average molecular weight is 313 g/mol. The Morgan fingerprint density at radius 3 is 2.71 bits per heavy atom. The number of hydrogen-bond donors (Lipinski definition) is 2. The minimum absolute atomic E-state index is 0.0595. The Balaban J connectivity index is 2.01. The summed E-state index contributed by atoms with van der Waals surface area (Å²) >= 11 is 1.23. The monoisotopic (exact) mass is 313 g/mol. The van der Waals surface area contributed by atoms with Gasteiger partial charge in [-0.25, -0.2) is 4.98 Å². The van der Waals surface area contributed by atoms with Crippen molar-refractivity contribution in [2.75, 3.05) is 57.6 Å². The lowest BCUT2D eigenvalue weighted by atomic mass is 10.4. The number of morpholine rings is 1. The molecule has 2 rings (SSSR count). The number of ether oxygens (including phenoxy) is 1. The van der Waals surface area contributed by atoms with E-state index in [4.69, 9.17) is 10.5 Å². The van der Waals surface area contributed by atoms with E-state index in [9.17, 15) is 9.59 Å². The molecular formula is C12H19N5O3S. The van der Waals surface area contributed by atoms with Crippen molar-refractivity contribution in [3.63, 3.8) is 0 Å². The van der Waals surface area contributed by atoms with Gasteiger partial charge < -0.3 is 25.6 Å². The Labute approximate surface area is 126 Å². The second-order valence-electron chi connectivity index (χ2n) is 4.78. The smallest absolute Gasteiger partial charge is 0.265 e. The van der Waals surface area contributed by atoms with Gasteiger partial charge in [0.05, 0.1) is 19.8 Å². The number of nitrogens with two attached hydrogens (primary N) is 1. The molecule has 8 nitrogen and oxygen atoms in total. The average Bonchev–Trinajstić information content (AvgIpc) is 2.87. The van der Waals surface area contributed by atoms with Crippen LogP contribution in [0.2, 0.25) is 0 Å². The third-order valence-corrected chi connectivity index (χ3v) is 4.16. The van der Waals surface area contributed by atoms with Gasteiger partial charge in [0.25, 0.3) is 5.91 Å². The van der Waals surface area contributed by atoms with Gasteiger partial charge in [0.1, 0.15) is 10.7 Å². The normalized spacial score (nSPS) is 14.9. The van der Waals surface area contributed by atoms with Crippen LogP contribution in [-0.4, -0.2) is 68.6 Å². The van der Waals surface area contributed by atoms with Crippen LogP contribution >= 0.6 is 11.3 Å². The number of carbonyl (C=O) groups excluding carboxylic acids is 2. The highest BCUT2D eigenvalue weighted by Gasteiger charge is 2.21. The van der Waals surface area contributed by atoms with Crippen LogP contribution in [-0.2, 0) is 9.53 Å². The Hall–Kier alpha value is -1.87. The fourth-order valence-electron chi connectivity index (χ4n) is 1.77. The second-order valence-corrected chi connectivity index (χ2v) is 5.76. The molecule has 3 N–H and O–H groups in total. The first-order valence-corrected chi connectivity index (χ1v) is 7.38. The summed E-state index contributed by atoms with van der Waals surface area (Å²) in [6, 6.07) is 0. The van der Waals surface area contributed by atoms with Gasteiger partial charge in [-0.2, -0.15) is 0 Å². The van der Waals surface area contributed by atoms with Crippen molar-refractivity contribution in [1.29, 1.82) is 0 Å². The molecule has 2 heterocycles. The van der Waals surface area contributed by atoms with E-state index in [2.05, 4.69) is 10.3 Å². The molecule has 116 valence electrons. The number of thiazole rings is 1. The van der Waals surface area contributed by atoms with Crippen molar-refractivity contribution < 1.29 is 14.3 Å². The summed E-state index contributed by atoms with van der Waals surface area (Å²) in [6.07, 6.45) is 0. The second kappa shape index (κ2) is 6.72. The lowest BCUT2D eigenvalue weighted by Crippen LogP contribution is -2.36. The molecule has 0 saturated carbocycles. The van der Waals surface area contributed by atoms with E-state index < -0.39 is 0 Å². The standard InChI is InChI=1S/C12H19N5O3S/c1-16(2)8(18)7-14-11(19)9-10(13)15-12(21-9)17-3-5-20-6-4-17/h3-7,13H2,1-2H3,(H,14,19). The lowest BCUT2D eigenvalue weighted by molar-refractivity contribution is -0.127. The molecule has 1 aliphatic heterocycles. The van der Waals surface area contributed by atoms with Crippen LogP contribution in [0, 0.1) is 0 Å². The number of nitrogens with one attached hydrogen (secondary N) is 1. The quantitative estimate of drug-likeness (QED) is 0.768. The molecular weight excluding hydrogens is 294 g/mol. The molecule has 0 radical (unpaired) electrons. The molecule has 0 aromatic carbocycles. The topological polar surface area (TPSA) is 101 Å². The van der Waals surface area contributed by atoms with Crippen molar-refractivity contribution in [1.82, 2.24) is 15.2 Å². The molecule has 21 heavy (non-hydrogen) atoms. The lowest BCUT2D eigenvalue weighted by Gasteiger charge is -2.25. The van der Waals surface area contributed by atoms with Crippen molar-refractivity contribution in [2.45, 2.75) is 0 Å². The van der Waals surface area contributed by atoms with E-state index in [1.165, 1.54) is 16.2 Å². The highest BCUT2D eigenvalue weighted by Crippen LogP contribution is 2.28. The van der Waals surface area contributed by atoms with E-state index in [-0.39, 0.29) is 24.2 Å². The van der Waals surface area contributed by atoms with Crippen molar-refractivity contribution in [3.8, 4) is 0 Å². The van der Waals surface area contributed by atoms with Gasteiger partial charge in [-0.05, 0) is 0 Å². The molecule has 0 atom stereocenters. The Bertz CT molecular complexity index is 525. The van der Waals surface area contributed by atoms with Crippen LogP contribution in [0.3, 0.4) is 0 Å². The Kier molecular flexibility index (Phi) is 4.97. The fourth-order valence-corrected chi connectivity index (χ4v) is 2.72. The van der Waals surface area contributed by atoms with Crippen molar-refractivity contribution in [2.24, 2.45) is 0 Å². The van der Waals surface area contributed by atoms with Crippen LogP contribution in [0.4, 0.5) is 10.9 Å². The number of likely N-dealkylation sites (N-methyl/N-ethyl adjacent to an activating group) is 1. The summed E-state index contributed by atoms with van der Waals surface area (Å²) in [5.41, 5.74) is 5.80. The summed E-state index contributed by atoms with van der Waals surface area (Å²) in [7, 11) is 3.26. The van der Waals surface area contributed by atoms with E-state index in [0.717, 1.165) is 13.1 Å². The number of amides is 2. The fraction of sp³-hybridized carbons (Fsp3) is 0.583. The zero-order chi connectivity index (χ0) is 15.4. The number of carbonyl (C=O) groups is 2. The molecule has 1 fully saturated rings. The summed E-state index contributed by atoms with van der Waals surface area (Å²) < 4.78 is 5.28. The Morgan fingerprint density at radius 2 is 2.10 bits per heavy atom. The van der Waals surface area contributed by atoms with Crippen molar-refractivity contribution >= 4 is 34.1 Å². The molecule has 1 saturated heterocycles. The van der Waals surface area contributed by atoms with Gasteiger partial charge in [-0.3, -0.25) is 9.59 Å².